The summed E-state index contributed by atoms with van der Waals surface area (Å²) in [5.74, 6) is -1.52. The van der Waals surface area contributed by atoms with Gasteiger partial charge >= 0.3 is 5.97 Å². The Balaban J connectivity index is 3.07. The maximum absolute atomic E-state index is 10.5. The van der Waals surface area contributed by atoms with Gasteiger partial charge in [-0.3, -0.25) is 0 Å². The summed E-state index contributed by atoms with van der Waals surface area (Å²) in [6.45, 7) is 0. The van der Waals surface area contributed by atoms with Crippen LogP contribution in [0.1, 0.15) is 10.4 Å². The Bertz CT molecular complexity index is 383. The molecule has 0 unspecified atom stereocenters. The second-order valence-electron chi connectivity index (χ2n) is 2.18. The number of thiocyanates is 1. The number of aromatic hydroxyl groups is 1. The van der Waals surface area contributed by atoms with Gasteiger partial charge in [-0.2, -0.15) is 5.26 Å². The number of hydrogen-bond acceptors (Lipinski definition) is 4. The Kier molecular flexibility index (Phi) is 2.77. The van der Waals surface area contributed by atoms with Crippen molar-refractivity contribution >= 4 is 17.7 Å². The summed E-state index contributed by atoms with van der Waals surface area (Å²) in [5, 5.41) is 27.9. The lowest BCUT2D eigenvalue weighted by atomic mass is 10.2. The van der Waals surface area contributed by atoms with Crippen molar-refractivity contribution in [2.45, 2.75) is 4.90 Å². The summed E-state index contributed by atoms with van der Waals surface area (Å²) in [7, 11) is 0. The minimum absolute atomic E-state index is 0.165. The molecule has 0 bridgehead atoms. The quantitative estimate of drug-likeness (QED) is 0.554. The van der Waals surface area contributed by atoms with Crippen LogP contribution in [0.4, 0.5) is 0 Å². The number of phenols is 1. The van der Waals surface area contributed by atoms with Crippen LogP contribution in [0.25, 0.3) is 0 Å². The van der Waals surface area contributed by atoms with Crippen molar-refractivity contribution in [3.05, 3.63) is 23.8 Å². The largest absolute Gasteiger partial charge is 0.507 e. The van der Waals surface area contributed by atoms with Crippen LogP contribution in [-0.4, -0.2) is 16.2 Å². The van der Waals surface area contributed by atoms with Crippen molar-refractivity contribution in [1.82, 2.24) is 0 Å². The Labute approximate surface area is 78.4 Å². The van der Waals surface area contributed by atoms with E-state index in [-0.39, 0.29) is 11.3 Å². The van der Waals surface area contributed by atoms with Crippen molar-refractivity contribution in [3.63, 3.8) is 0 Å². The van der Waals surface area contributed by atoms with Gasteiger partial charge in [-0.15, -0.1) is 0 Å². The second kappa shape index (κ2) is 3.83. The zero-order valence-electron chi connectivity index (χ0n) is 6.39. The highest BCUT2D eigenvalue weighted by atomic mass is 32.2. The molecule has 0 aliphatic carbocycles. The molecule has 1 aromatic carbocycles. The molecule has 0 aliphatic heterocycles. The van der Waals surface area contributed by atoms with E-state index in [4.69, 9.17) is 10.4 Å². The van der Waals surface area contributed by atoms with Crippen LogP contribution < -0.4 is 0 Å². The highest BCUT2D eigenvalue weighted by Crippen LogP contribution is 2.24. The van der Waals surface area contributed by atoms with Crippen LogP contribution >= 0.6 is 11.8 Å². The number of aromatic carboxylic acids is 1. The van der Waals surface area contributed by atoms with Crippen LogP contribution in [0.3, 0.4) is 0 Å². The van der Waals surface area contributed by atoms with E-state index in [1.54, 1.807) is 0 Å². The molecular weight excluding hydrogens is 190 g/mol. The third-order valence-electron chi connectivity index (χ3n) is 1.36. The smallest absolute Gasteiger partial charge is 0.339 e. The maximum atomic E-state index is 10.5. The van der Waals surface area contributed by atoms with E-state index >= 15 is 0 Å². The van der Waals surface area contributed by atoms with Crippen molar-refractivity contribution in [1.29, 1.82) is 5.26 Å². The molecule has 0 saturated heterocycles. The normalized spacial score (nSPS) is 9.15. The van der Waals surface area contributed by atoms with Gasteiger partial charge in [0.05, 0.1) is 0 Å². The highest BCUT2D eigenvalue weighted by molar-refractivity contribution is 8.03. The van der Waals surface area contributed by atoms with Gasteiger partial charge < -0.3 is 10.2 Å². The fraction of sp³-hybridized carbons (Fsp3) is 0. The Morgan fingerprint density at radius 2 is 2.23 bits per heavy atom. The number of thioether (sulfide) groups is 1. The van der Waals surface area contributed by atoms with E-state index in [0.717, 1.165) is 11.8 Å². The molecule has 0 spiro atoms. The number of rotatable bonds is 2. The molecule has 66 valence electrons. The zero-order valence-corrected chi connectivity index (χ0v) is 7.21. The van der Waals surface area contributed by atoms with Gasteiger partial charge in [0.25, 0.3) is 0 Å². The van der Waals surface area contributed by atoms with Crippen molar-refractivity contribution in [2.24, 2.45) is 0 Å². The summed E-state index contributed by atoms with van der Waals surface area (Å²) in [4.78, 5) is 11.0. The number of carboxylic acid groups (broad SMARTS) is 1. The number of hydrogen-bond donors (Lipinski definition) is 2. The first kappa shape index (κ1) is 9.42. The standard InChI is InChI=1S/C8H5NO3S/c9-4-13-5-1-2-6(8(11)12)7(10)3-5/h1-3,10H,(H,11,12). The maximum Gasteiger partial charge on any atom is 0.339 e. The van der Waals surface area contributed by atoms with E-state index in [9.17, 15) is 9.90 Å². The lowest BCUT2D eigenvalue weighted by Gasteiger charge is -1.99. The molecule has 1 aromatic rings. The summed E-state index contributed by atoms with van der Waals surface area (Å²) in [6, 6.07) is 3.98. The minimum atomic E-state index is -1.19. The third-order valence-corrected chi connectivity index (χ3v) is 1.94. The number of nitriles is 1. The summed E-state index contributed by atoms with van der Waals surface area (Å²) in [5.41, 5.74) is -0.165. The van der Waals surface area contributed by atoms with Crippen LogP contribution in [-0.2, 0) is 0 Å². The molecule has 0 amide bonds. The molecule has 5 heteroatoms. The van der Waals surface area contributed by atoms with Gasteiger partial charge in [0.15, 0.2) is 0 Å². The van der Waals surface area contributed by atoms with Gasteiger partial charge in [-0.1, -0.05) is 0 Å². The van der Waals surface area contributed by atoms with E-state index in [1.807, 2.05) is 5.40 Å². The Morgan fingerprint density at radius 3 is 2.69 bits per heavy atom. The average molecular weight is 195 g/mol. The minimum Gasteiger partial charge on any atom is -0.507 e. The molecule has 0 aliphatic rings. The fourth-order valence-corrected chi connectivity index (χ4v) is 1.22. The summed E-state index contributed by atoms with van der Waals surface area (Å²) >= 11 is 0.862. The number of carbonyl (C=O) groups is 1. The van der Waals surface area contributed by atoms with Gasteiger partial charge in [0.1, 0.15) is 16.7 Å². The fourth-order valence-electron chi connectivity index (χ4n) is 0.808. The molecule has 0 fully saturated rings. The molecule has 0 heterocycles. The molecule has 2 N–H and O–H groups in total. The molecule has 0 saturated carbocycles. The van der Waals surface area contributed by atoms with E-state index < -0.39 is 5.97 Å². The SMILES string of the molecule is N#CSc1ccc(C(=O)O)c(O)c1. The number of benzene rings is 1. The molecule has 1 rings (SSSR count). The van der Waals surface area contributed by atoms with Crippen molar-refractivity contribution in [2.75, 3.05) is 0 Å². The number of carboxylic acids is 1. The van der Waals surface area contributed by atoms with Crippen molar-refractivity contribution < 1.29 is 15.0 Å². The van der Waals surface area contributed by atoms with Crippen LogP contribution in [0.15, 0.2) is 23.1 Å². The monoisotopic (exact) mass is 195 g/mol. The first-order valence-corrected chi connectivity index (χ1v) is 4.09. The van der Waals surface area contributed by atoms with E-state index in [0.29, 0.717) is 4.90 Å². The average Bonchev–Trinajstić information content (AvgIpc) is 2.04. The van der Waals surface area contributed by atoms with E-state index in [1.165, 1.54) is 18.2 Å². The first-order valence-electron chi connectivity index (χ1n) is 3.27. The van der Waals surface area contributed by atoms with Crippen LogP contribution in [0.2, 0.25) is 0 Å². The molecule has 4 nitrogen and oxygen atoms in total. The van der Waals surface area contributed by atoms with Crippen LogP contribution in [0, 0.1) is 10.7 Å². The second-order valence-corrected chi connectivity index (χ2v) is 3.04. The Hall–Kier alpha value is -1.67. The van der Waals surface area contributed by atoms with Gasteiger partial charge in [0, 0.05) is 4.90 Å². The molecular formula is C8H5NO3S. The summed E-state index contributed by atoms with van der Waals surface area (Å²) in [6.07, 6.45) is 0. The van der Waals surface area contributed by atoms with Crippen molar-refractivity contribution in [3.8, 4) is 11.2 Å². The van der Waals surface area contributed by atoms with E-state index in [2.05, 4.69) is 0 Å². The molecule has 13 heavy (non-hydrogen) atoms. The topological polar surface area (TPSA) is 81.3 Å². The predicted molar refractivity (Wildman–Crippen MR) is 46.5 cm³/mol. The number of nitrogens with zero attached hydrogens (tertiary/aromatic N) is 1. The summed E-state index contributed by atoms with van der Waals surface area (Å²) < 4.78 is 0. The lowest BCUT2D eigenvalue weighted by Crippen LogP contribution is -1.95. The zero-order chi connectivity index (χ0) is 9.84. The lowest BCUT2D eigenvalue weighted by molar-refractivity contribution is 0.0693. The molecule has 0 atom stereocenters. The molecule has 0 radical (unpaired) electrons. The third kappa shape index (κ3) is 2.13. The van der Waals surface area contributed by atoms with Crippen LogP contribution in [0.5, 0.6) is 5.75 Å². The van der Waals surface area contributed by atoms with Gasteiger partial charge in [-0.25, -0.2) is 4.79 Å². The first-order chi connectivity index (χ1) is 6.15. The molecule has 0 aromatic heterocycles. The Morgan fingerprint density at radius 1 is 1.54 bits per heavy atom. The van der Waals surface area contributed by atoms with Gasteiger partial charge in [-0.05, 0) is 30.0 Å². The van der Waals surface area contributed by atoms with Gasteiger partial charge in [0.2, 0.25) is 0 Å². The highest BCUT2D eigenvalue weighted by Gasteiger charge is 2.09. The predicted octanol–water partition coefficient (Wildman–Crippen LogP) is 1.66.